The van der Waals surface area contributed by atoms with Gasteiger partial charge in [-0.2, -0.15) is 0 Å². The summed E-state index contributed by atoms with van der Waals surface area (Å²) in [5, 5.41) is 3.07. The van der Waals surface area contributed by atoms with Crippen LogP contribution in [0.15, 0.2) is 78.5 Å². The first kappa shape index (κ1) is 22.1. The molecule has 4 rings (SSSR count). The Balaban J connectivity index is 1.80. The first-order chi connectivity index (χ1) is 15.9. The van der Waals surface area contributed by atoms with E-state index in [2.05, 4.69) is 5.32 Å². The lowest BCUT2D eigenvalue weighted by Gasteiger charge is -2.20. The van der Waals surface area contributed by atoms with Crippen LogP contribution in [0.5, 0.6) is 11.5 Å². The normalized spacial score (nSPS) is 13.7. The molecule has 1 aliphatic heterocycles. The zero-order chi connectivity index (χ0) is 23.5. The van der Waals surface area contributed by atoms with E-state index in [0.29, 0.717) is 28.4 Å². The van der Waals surface area contributed by atoms with E-state index in [0.717, 1.165) is 4.90 Å². The summed E-state index contributed by atoms with van der Waals surface area (Å²) in [4.78, 5) is 28.2. The molecule has 1 N–H and O–H groups in total. The number of para-hydroxylation sites is 2. The van der Waals surface area contributed by atoms with E-state index >= 15 is 0 Å². The summed E-state index contributed by atoms with van der Waals surface area (Å²) in [6.45, 7) is 3.73. The number of ether oxygens (including phenoxy) is 2. The van der Waals surface area contributed by atoms with Gasteiger partial charge < -0.3 is 14.8 Å². The number of imide groups is 1. The summed E-state index contributed by atoms with van der Waals surface area (Å²) in [5.74, 6) is -0.424. The molecule has 0 aliphatic carbocycles. The van der Waals surface area contributed by atoms with E-state index in [1.165, 1.54) is 24.3 Å². The SMILES string of the molecule is COc1ccc(NC2=C(c3ccc(F)cc3)C(=O)N(c3ccccc3OC(C)C)C2=O)cc1. The Morgan fingerprint density at radius 3 is 2.18 bits per heavy atom. The fourth-order valence-electron chi connectivity index (χ4n) is 3.56. The maximum Gasteiger partial charge on any atom is 0.282 e. The average Bonchev–Trinajstić information content (AvgIpc) is 3.04. The Bertz CT molecular complexity index is 1220. The number of nitrogens with one attached hydrogen (secondary N) is 1. The molecule has 2 amide bonds. The number of amides is 2. The van der Waals surface area contributed by atoms with E-state index in [1.54, 1.807) is 55.6 Å². The van der Waals surface area contributed by atoms with E-state index in [9.17, 15) is 14.0 Å². The summed E-state index contributed by atoms with van der Waals surface area (Å²) in [6, 6.07) is 19.3. The lowest BCUT2D eigenvalue weighted by atomic mass is 10.0. The largest absolute Gasteiger partial charge is 0.497 e. The molecule has 3 aromatic rings. The second-order valence-electron chi connectivity index (χ2n) is 7.69. The Morgan fingerprint density at radius 2 is 1.55 bits per heavy atom. The number of methoxy groups -OCH3 is 1. The molecule has 6 nitrogen and oxygen atoms in total. The lowest BCUT2D eigenvalue weighted by molar-refractivity contribution is -0.120. The minimum absolute atomic E-state index is 0.0936. The van der Waals surface area contributed by atoms with Crippen molar-refractivity contribution in [3.63, 3.8) is 0 Å². The predicted molar refractivity (Wildman–Crippen MR) is 125 cm³/mol. The molecule has 3 aromatic carbocycles. The van der Waals surface area contributed by atoms with Crippen LogP contribution < -0.4 is 19.7 Å². The van der Waals surface area contributed by atoms with Crippen molar-refractivity contribution in [3.05, 3.63) is 89.9 Å². The fourth-order valence-corrected chi connectivity index (χ4v) is 3.56. The Hall–Kier alpha value is -4.13. The summed E-state index contributed by atoms with van der Waals surface area (Å²) >= 11 is 0. The topological polar surface area (TPSA) is 67.9 Å². The van der Waals surface area contributed by atoms with Gasteiger partial charge in [0.1, 0.15) is 23.0 Å². The molecular formula is C26H23FN2O4. The third kappa shape index (κ3) is 4.43. The Labute approximate surface area is 191 Å². The van der Waals surface area contributed by atoms with Gasteiger partial charge in [-0.25, -0.2) is 9.29 Å². The molecule has 1 heterocycles. The van der Waals surface area contributed by atoms with Crippen LogP contribution in [-0.2, 0) is 9.59 Å². The van der Waals surface area contributed by atoms with Crippen LogP contribution >= 0.6 is 0 Å². The van der Waals surface area contributed by atoms with Gasteiger partial charge in [0.15, 0.2) is 0 Å². The van der Waals surface area contributed by atoms with Crippen LogP contribution in [-0.4, -0.2) is 25.0 Å². The minimum Gasteiger partial charge on any atom is -0.497 e. The summed E-state index contributed by atoms with van der Waals surface area (Å²) in [7, 11) is 1.56. The number of hydrogen-bond donors (Lipinski definition) is 1. The van der Waals surface area contributed by atoms with Crippen molar-refractivity contribution < 1.29 is 23.5 Å². The highest BCUT2D eigenvalue weighted by Gasteiger charge is 2.41. The predicted octanol–water partition coefficient (Wildman–Crippen LogP) is 5.02. The Kier molecular flexibility index (Phi) is 6.13. The van der Waals surface area contributed by atoms with Gasteiger partial charge in [-0.05, 0) is 67.9 Å². The van der Waals surface area contributed by atoms with Crippen molar-refractivity contribution in [3.8, 4) is 11.5 Å². The van der Waals surface area contributed by atoms with Gasteiger partial charge in [0, 0.05) is 5.69 Å². The molecule has 0 saturated heterocycles. The third-order valence-corrected chi connectivity index (χ3v) is 5.04. The van der Waals surface area contributed by atoms with Crippen molar-refractivity contribution >= 4 is 28.8 Å². The number of hydrogen-bond acceptors (Lipinski definition) is 5. The standard InChI is InChI=1S/C26H23FN2O4/c1-16(2)33-22-7-5-4-6-21(22)29-25(30)23(17-8-10-18(27)11-9-17)24(26(29)31)28-19-12-14-20(32-3)15-13-19/h4-16,28H,1-3H3. The van der Waals surface area contributed by atoms with Crippen LogP contribution in [0.25, 0.3) is 5.57 Å². The van der Waals surface area contributed by atoms with Gasteiger partial charge in [-0.1, -0.05) is 24.3 Å². The second kappa shape index (κ2) is 9.16. The van der Waals surface area contributed by atoms with Crippen molar-refractivity contribution in [2.45, 2.75) is 20.0 Å². The Morgan fingerprint density at radius 1 is 0.879 bits per heavy atom. The number of nitrogens with zero attached hydrogens (tertiary/aromatic N) is 1. The zero-order valence-corrected chi connectivity index (χ0v) is 18.5. The van der Waals surface area contributed by atoms with Crippen molar-refractivity contribution in [2.24, 2.45) is 0 Å². The quantitative estimate of drug-likeness (QED) is 0.517. The maximum atomic E-state index is 13.6. The molecule has 7 heteroatoms. The summed E-state index contributed by atoms with van der Waals surface area (Å²) < 4.78 is 24.6. The molecular weight excluding hydrogens is 423 g/mol. The molecule has 0 bridgehead atoms. The smallest absolute Gasteiger partial charge is 0.282 e. The molecule has 0 aromatic heterocycles. The van der Waals surface area contributed by atoms with E-state index in [4.69, 9.17) is 9.47 Å². The van der Waals surface area contributed by atoms with Crippen molar-refractivity contribution in [2.75, 3.05) is 17.3 Å². The lowest BCUT2D eigenvalue weighted by Crippen LogP contribution is -2.33. The van der Waals surface area contributed by atoms with Crippen LogP contribution in [0.2, 0.25) is 0 Å². The van der Waals surface area contributed by atoms with Gasteiger partial charge in [-0.3, -0.25) is 9.59 Å². The van der Waals surface area contributed by atoms with Gasteiger partial charge in [0.25, 0.3) is 11.8 Å². The minimum atomic E-state index is -0.532. The molecule has 0 spiro atoms. The van der Waals surface area contributed by atoms with E-state index in [1.807, 2.05) is 13.8 Å². The highest BCUT2D eigenvalue weighted by molar-refractivity contribution is 6.46. The van der Waals surface area contributed by atoms with Crippen molar-refractivity contribution in [1.29, 1.82) is 0 Å². The first-order valence-corrected chi connectivity index (χ1v) is 10.4. The van der Waals surface area contributed by atoms with Gasteiger partial charge in [0.05, 0.1) is 24.5 Å². The first-order valence-electron chi connectivity index (χ1n) is 10.4. The molecule has 0 unspecified atom stereocenters. The highest BCUT2D eigenvalue weighted by atomic mass is 19.1. The van der Waals surface area contributed by atoms with Gasteiger partial charge >= 0.3 is 0 Å². The summed E-state index contributed by atoms with van der Waals surface area (Å²) in [5.41, 5.74) is 1.61. The number of benzene rings is 3. The molecule has 0 radical (unpaired) electrons. The number of rotatable bonds is 7. The monoisotopic (exact) mass is 446 g/mol. The molecule has 1 aliphatic rings. The number of carbonyl (C=O) groups excluding carboxylic acids is 2. The summed E-state index contributed by atoms with van der Waals surface area (Å²) in [6.07, 6.45) is -0.152. The third-order valence-electron chi connectivity index (χ3n) is 5.04. The van der Waals surface area contributed by atoms with Crippen molar-refractivity contribution in [1.82, 2.24) is 0 Å². The van der Waals surface area contributed by atoms with Crippen LogP contribution in [0, 0.1) is 5.82 Å². The number of halogens is 1. The van der Waals surface area contributed by atoms with Gasteiger partial charge in [-0.15, -0.1) is 0 Å². The average molecular weight is 446 g/mol. The van der Waals surface area contributed by atoms with Crippen LogP contribution in [0.3, 0.4) is 0 Å². The zero-order valence-electron chi connectivity index (χ0n) is 18.5. The van der Waals surface area contributed by atoms with E-state index in [-0.39, 0.29) is 17.4 Å². The molecule has 33 heavy (non-hydrogen) atoms. The van der Waals surface area contributed by atoms with Crippen LogP contribution in [0.1, 0.15) is 19.4 Å². The van der Waals surface area contributed by atoms with Gasteiger partial charge in [0.2, 0.25) is 0 Å². The molecule has 0 saturated carbocycles. The molecule has 168 valence electrons. The second-order valence-corrected chi connectivity index (χ2v) is 7.69. The van der Waals surface area contributed by atoms with E-state index < -0.39 is 17.6 Å². The molecule has 0 atom stereocenters. The van der Waals surface area contributed by atoms with Crippen LogP contribution in [0.4, 0.5) is 15.8 Å². The molecule has 0 fully saturated rings. The maximum absolute atomic E-state index is 13.6. The number of carbonyl (C=O) groups is 2. The number of anilines is 2. The highest BCUT2D eigenvalue weighted by Crippen LogP contribution is 2.38. The fraction of sp³-hybridized carbons (Fsp3) is 0.154.